The van der Waals surface area contributed by atoms with Crippen molar-refractivity contribution in [1.29, 1.82) is 0 Å². The Labute approximate surface area is 189 Å². The van der Waals surface area contributed by atoms with E-state index in [0.717, 1.165) is 22.5 Å². The molecule has 0 fully saturated rings. The van der Waals surface area contributed by atoms with Crippen LogP contribution in [-0.2, 0) is 10.2 Å². The van der Waals surface area contributed by atoms with Crippen LogP contribution in [0.4, 0.5) is 5.69 Å². The predicted molar refractivity (Wildman–Crippen MR) is 110 cm³/mol. The van der Waals surface area contributed by atoms with Gasteiger partial charge in [0, 0.05) is 23.3 Å². The molecule has 0 N–H and O–H groups in total. The topological polar surface area (TPSA) is 47.8 Å². The summed E-state index contributed by atoms with van der Waals surface area (Å²) in [6.07, 6.45) is 4.12. The van der Waals surface area contributed by atoms with E-state index in [-0.39, 0.29) is 35.4 Å². The molecule has 0 saturated carbocycles. The quantitative estimate of drug-likeness (QED) is 0.347. The fourth-order valence-electron chi connectivity index (χ4n) is 3.79. The van der Waals surface area contributed by atoms with Gasteiger partial charge in [0.05, 0.1) is 32.3 Å². The van der Waals surface area contributed by atoms with Crippen molar-refractivity contribution >= 4 is 23.4 Å². The van der Waals surface area contributed by atoms with Gasteiger partial charge in [-0.1, -0.05) is 12.1 Å². The van der Waals surface area contributed by atoms with Crippen LogP contribution in [0.5, 0.6) is 11.5 Å². The molecule has 1 heterocycles. The van der Waals surface area contributed by atoms with E-state index in [1.54, 1.807) is 20.3 Å². The fraction of sp³-hybridized carbons (Fsp3) is 0.304. The molecule has 0 radical (unpaired) electrons. The molecule has 3 rings (SSSR count). The maximum atomic E-state index is 11.9. The Balaban J connectivity index is 0.00000300. The Hall–Kier alpha value is -2.35. The monoisotopic (exact) mass is 507 g/mol. The molecule has 5 nitrogen and oxygen atoms in total. The number of fused-ring (bicyclic) bond motifs is 1. The molecule has 1 aliphatic heterocycles. The van der Waals surface area contributed by atoms with Crippen molar-refractivity contribution in [2.45, 2.75) is 19.3 Å². The molecule has 2 aromatic carbocycles. The molecule has 2 aromatic rings. The van der Waals surface area contributed by atoms with Crippen molar-refractivity contribution in [1.82, 2.24) is 0 Å². The molecular weight excluding hydrogens is 481 g/mol. The third-order valence-electron chi connectivity index (χ3n) is 5.31. The summed E-state index contributed by atoms with van der Waals surface area (Å²) in [5.74, 6) is 1.07. The molecule has 29 heavy (non-hydrogen) atoms. The first-order valence-corrected chi connectivity index (χ1v) is 9.08. The first-order valence-electron chi connectivity index (χ1n) is 9.08. The lowest BCUT2D eigenvalue weighted by Gasteiger charge is -2.16. The zero-order valence-corrected chi connectivity index (χ0v) is 19.7. The molecule has 1 aliphatic rings. The van der Waals surface area contributed by atoms with Gasteiger partial charge in [0.1, 0.15) is 7.05 Å². The normalized spacial score (nSPS) is 14.4. The highest BCUT2D eigenvalue weighted by Crippen LogP contribution is 2.40. The number of esters is 1. The van der Waals surface area contributed by atoms with E-state index in [0.29, 0.717) is 17.1 Å². The average molecular weight is 507 g/mol. The number of hydrogen-bond donors (Lipinski definition) is 0. The number of hydrogen-bond acceptors (Lipinski definition) is 4. The number of allylic oxidation sites excluding steroid dienone is 1. The summed E-state index contributed by atoms with van der Waals surface area (Å²) in [6.45, 7) is 4.30. The molecule has 0 saturated heterocycles. The molecule has 154 valence electrons. The van der Waals surface area contributed by atoms with Gasteiger partial charge >= 0.3 is 5.97 Å². The van der Waals surface area contributed by atoms with E-state index in [1.165, 1.54) is 7.11 Å². The van der Waals surface area contributed by atoms with Crippen LogP contribution < -0.4 is 33.5 Å². The number of carbonyl (C=O) groups is 1. The van der Waals surface area contributed by atoms with Gasteiger partial charge in [-0.25, -0.2) is 4.79 Å². The van der Waals surface area contributed by atoms with Gasteiger partial charge in [0.2, 0.25) is 5.69 Å². The zero-order valence-electron chi connectivity index (χ0n) is 17.6. The van der Waals surface area contributed by atoms with Gasteiger partial charge in [-0.05, 0) is 38.1 Å². The van der Waals surface area contributed by atoms with E-state index >= 15 is 0 Å². The fourth-order valence-corrected chi connectivity index (χ4v) is 3.79. The van der Waals surface area contributed by atoms with Crippen LogP contribution in [0, 0.1) is 0 Å². The first-order chi connectivity index (χ1) is 13.3. The van der Waals surface area contributed by atoms with Crippen LogP contribution in [0.25, 0.3) is 6.08 Å². The van der Waals surface area contributed by atoms with E-state index in [2.05, 4.69) is 24.5 Å². The molecule has 0 amide bonds. The Morgan fingerprint density at radius 3 is 2.38 bits per heavy atom. The molecule has 0 aliphatic carbocycles. The number of para-hydroxylation sites is 1. The maximum absolute atomic E-state index is 11.9. The molecule has 0 spiro atoms. The molecular formula is C23H26INO4. The molecule has 0 unspecified atom stereocenters. The number of benzene rings is 2. The Morgan fingerprint density at radius 1 is 1.03 bits per heavy atom. The van der Waals surface area contributed by atoms with Crippen LogP contribution in [0.1, 0.15) is 35.3 Å². The minimum Gasteiger partial charge on any atom is -1.00 e. The van der Waals surface area contributed by atoms with Gasteiger partial charge in [-0.2, -0.15) is 4.58 Å². The number of rotatable bonds is 5. The van der Waals surface area contributed by atoms with Crippen molar-refractivity contribution in [2.75, 3.05) is 28.4 Å². The number of ether oxygens (including phenoxy) is 3. The third-order valence-corrected chi connectivity index (χ3v) is 5.31. The highest BCUT2D eigenvalue weighted by atomic mass is 127. The van der Waals surface area contributed by atoms with Crippen LogP contribution in [0.3, 0.4) is 0 Å². The second kappa shape index (κ2) is 8.98. The highest BCUT2D eigenvalue weighted by Gasteiger charge is 2.43. The number of halogens is 1. The summed E-state index contributed by atoms with van der Waals surface area (Å²) in [5, 5.41) is 0. The smallest absolute Gasteiger partial charge is 0.337 e. The van der Waals surface area contributed by atoms with Crippen molar-refractivity contribution in [3.8, 4) is 11.5 Å². The average Bonchev–Trinajstić information content (AvgIpc) is 2.90. The minimum atomic E-state index is -0.327. The van der Waals surface area contributed by atoms with E-state index in [1.807, 2.05) is 43.5 Å². The van der Waals surface area contributed by atoms with Crippen molar-refractivity contribution in [2.24, 2.45) is 0 Å². The van der Waals surface area contributed by atoms with Crippen LogP contribution in [0.15, 0.2) is 42.5 Å². The van der Waals surface area contributed by atoms with Crippen molar-refractivity contribution in [3.05, 3.63) is 59.2 Å². The summed E-state index contributed by atoms with van der Waals surface area (Å²) in [4.78, 5) is 11.9. The third kappa shape index (κ3) is 4.03. The van der Waals surface area contributed by atoms with Gasteiger partial charge in [0.15, 0.2) is 17.2 Å². The number of carbonyl (C=O) groups excluding carboxylic acids is 1. The van der Waals surface area contributed by atoms with Crippen molar-refractivity contribution in [3.63, 3.8) is 0 Å². The second-order valence-electron chi connectivity index (χ2n) is 7.21. The lowest BCUT2D eigenvalue weighted by molar-refractivity contribution is -0.401. The molecule has 0 bridgehead atoms. The highest BCUT2D eigenvalue weighted by molar-refractivity contribution is 6.06. The lowest BCUT2D eigenvalue weighted by atomic mass is 9.80. The van der Waals surface area contributed by atoms with Crippen LogP contribution >= 0.6 is 0 Å². The summed E-state index contributed by atoms with van der Waals surface area (Å²) in [5.41, 5.74) is 4.52. The van der Waals surface area contributed by atoms with Gasteiger partial charge < -0.3 is 38.2 Å². The molecule has 0 aromatic heterocycles. The standard InChI is InChI=1S/C23H26NO4.HI/c1-23(2)17-14-16(22(25)28-6)10-12-18(17)24(3)20(23)13-11-15-8-7-9-19(26-4)21(15)27-5;/h7-14H,1-6H3;1H/q+1;/p-1. The second-order valence-corrected chi connectivity index (χ2v) is 7.21. The van der Waals surface area contributed by atoms with Gasteiger partial charge in [-0.15, -0.1) is 0 Å². The Kier molecular flexibility index (Phi) is 7.11. The lowest BCUT2D eigenvalue weighted by Crippen LogP contribution is -3.00. The van der Waals surface area contributed by atoms with E-state index < -0.39 is 0 Å². The first kappa shape index (κ1) is 22.9. The van der Waals surface area contributed by atoms with Gasteiger partial charge in [0.25, 0.3) is 0 Å². The van der Waals surface area contributed by atoms with E-state index in [9.17, 15) is 4.79 Å². The Morgan fingerprint density at radius 2 is 1.76 bits per heavy atom. The minimum absolute atomic E-state index is 0. The largest absolute Gasteiger partial charge is 1.00 e. The summed E-state index contributed by atoms with van der Waals surface area (Å²) in [7, 11) is 6.70. The van der Waals surface area contributed by atoms with Crippen LogP contribution in [-0.4, -0.2) is 44.6 Å². The van der Waals surface area contributed by atoms with Gasteiger partial charge in [-0.3, -0.25) is 0 Å². The summed E-state index contributed by atoms with van der Waals surface area (Å²) < 4.78 is 17.9. The predicted octanol–water partition coefficient (Wildman–Crippen LogP) is 1.21. The molecule has 0 atom stereocenters. The Bertz CT molecular complexity index is 992. The number of nitrogens with zero attached hydrogens (tertiary/aromatic N) is 1. The van der Waals surface area contributed by atoms with Crippen LogP contribution in [0.2, 0.25) is 0 Å². The zero-order chi connectivity index (χ0) is 20.5. The van der Waals surface area contributed by atoms with E-state index in [4.69, 9.17) is 14.2 Å². The molecule has 6 heteroatoms. The van der Waals surface area contributed by atoms with Crippen molar-refractivity contribution < 1.29 is 47.6 Å². The number of methoxy groups -OCH3 is 3. The maximum Gasteiger partial charge on any atom is 0.337 e. The summed E-state index contributed by atoms with van der Waals surface area (Å²) in [6, 6.07) is 11.5. The SMILES string of the molecule is COC(=O)c1ccc2c(c1)C(C)(C)C(C=Cc1cccc(OC)c1OC)=[N+]2C.[I-]. The summed E-state index contributed by atoms with van der Waals surface area (Å²) >= 11 is 0.